The average Bonchev–Trinajstić information content (AvgIpc) is 2.58. The SMILES string of the molecule is C/C=C(\CC)[C@@H]1C(C(=O)Nc2cccc(Cl)c2)CCC(=O)N1CC(=O)F. The maximum atomic E-state index is 13.1. The Hall–Kier alpha value is -2.21. The van der Waals surface area contributed by atoms with Crippen LogP contribution in [0.4, 0.5) is 10.1 Å². The van der Waals surface area contributed by atoms with Crippen LogP contribution in [-0.4, -0.2) is 35.3 Å². The van der Waals surface area contributed by atoms with E-state index in [9.17, 15) is 18.8 Å². The third-order valence-electron chi connectivity index (χ3n) is 4.59. The fourth-order valence-electron chi connectivity index (χ4n) is 3.39. The van der Waals surface area contributed by atoms with Gasteiger partial charge in [-0.05, 0) is 38.0 Å². The molecule has 1 aliphatic rings. The highest BCUT2D eigenvalue weighted by molar-refractivity contribution is 6.30. The number of carbonyl (C=O) groups excluding carboxylic acids is 3. The summed E-state index contributed by atoms with van der Waals surface area (Å²) in [5, 5.41) is 3.30. The zero-order valence-corrected chi connectivity index (χ0v) is 15.6. The monoisotopic (exact) mass is 380 g/mol. The smallest absolute Gasteiger partial charge is 0.320 e. The van der Waals surface area contributed by atoms with Crippen LogP contribution in [0.1, 0.15) is 33.1 Å². The predicted octanol–water partition coefficient (Wildman–Crippen LogP) is 3.74. The van der Waals surface area contributed by atoms with Crippen molar-refractivity contribution in [3.63, 3.8) is 0 Å². The number of benzene rings is 1. The summed E-state index contributed by atoms with van der Waals surface area (Å²) in [6, 6.07) is 4.53. The third-order valence-corrected chi connectivity index (χ3v) is 4.82. The lowest BCUT2D eigenvalue weighted by atomic mass is 9.82. The lowest BCUT2D eigenvalue weighted by Crippen LogP contribution is -2.54. The van der Waals surface area contributed by atoms with E-state index in [1.54, 1.807) is 31.2 Å². The van der Waals surface area contributed by atoms with E-state index in [0.29, 0.717) is 23.6 Å². The van der Waals surface area contributed by atoms with Crippen molar-refractivity contribution in [1.82, 2.24) is 4.90 Å². The molecule has 1 fully saturated rings. The van der Waals surface area contributed by atoms with Crippen LogP contribution >= 0.6 is 11.6 Å². The second kappa shape index (κ2) is 8.94. The van der Waals surface area contributed by atoms with E-state index in [4.69, 9.17) is 11.6 Å². The number of anilines is 1. The third kappa shape index (κ3) is 4.69. The molecule has 1 N–H and O–H groups in total. The number of halogens is 2. The van der Waals surface area contributed by atoms with Crippen molar-refractivity contribution in [2.45, 2.75) is 39.2 Å². The Morgan fingerprint density at radius 3 is 2.73 bits per heavy atom. The van der Waals surface area contributed by atoms with E-state index in [1.807, 2.05) is 13.0 Å². The molecule has 1 saturated heterocycles. The molecule has 2 amide bonds. The topological polar surface area (TPSA) is 66.5 Å². The van der Waals surface area contributed by atoms with Crippen LogP contribution in [0.2, 0.25) is 5.02 Å². The molecule has 0 bridgehead atoms. The lowest BCUT2D eigenvalue weighted by Gasteiger charge is -2.41. The standard InChI is InChI=1S/C19H22ClFN2O3/c1-3-12(4-2)18-15(8-9-17(25)23(18)11-16(21)24)19(26)22-14-7-5-6-13(20)10-14/h3,5-7,10,15,18H,4,8-9,11H2,1-2H3,(H,22,26)/b12-3+/t15?,18-/m1/s1. The van der Waals surface area contributed by atoms with Gasteiger partial charge in [-0.3, -0.25) is 14.4 Å². The summed E-state index contributed by atoms with van der Waals surface area (Å²) in [6.07, 6.45) is 2.84. The maximum Gasteiger partial charge on any atom is 0.320 e. The number of nitrogens with zero attached hydrogens (tertiary/aromatic N) is 1. The first-order valence-electron chi connectivity index (χ1n) is 8.56. The van der Waals surface area contributed by atoms with Crippen molar-refractivity contribution in [2.75, 3.05) is 11.9 Å². The van der Waals surface area contributed by atoms with E-state index in [-0.39, 0.29) is 18.2 Å². The summed E-state index contributed by atoms with van der Waals surface area (Å²) < 4.78 is 13.1. The van der Waals surface area contributed by atoms with Gasteiger partial charge >= 0.3 is 6.04 Å². The van der Waals surface area contributed by atoms with Gasteiger partial charge in [-0.15, -0.1) is 0 Å². The number of nitrogens with one attached hydrogen (secondary N) is 1. The molecule has 1 aliphatic heterocycles. The average molecular weight is 381 g/mol. The number of rotatable bonds is 6. The number of carbonyl (C=O) groups is 3. The van der Waals surface area contributed by atoms with Crippen LogP contribution in [0.3, 0.4) is 0 Å². The van der Waals surface area contributed by atoms with E-state index >= 15 is 0 Å². The highest BCUT2D eigenvalue weighted by Gasteiger charge is 2.41. The number of hydrogen-bond acceptors (Lipinski definition) is 3. The quantitative estimate of drug-likeness (QED) is 0.604. The Kier molecular flexibility index (Phi) is 6.91. The molecule has 7 heteroatoms. The molecule has 1 aromatic rings. The van der Waals surface area contributed by atoms with Crippen LogP contribution in [-0.2, 0) is 14.4 Å². The second-order valence-electron chi connectivity index (χ2n) is 6.18. The Bertz CT molecular complexity index is 735. The summed E-state index contributed by atoms with van der Waals surface area (Å²) >= 11 is 5.95. The van der Waals surface area contributed by atoms with Gasteiger partial charge in [-0.1, -0.05) is 36.2 Å². The normalized spacial score (nSPS) is 20.8. The van der Waals surface area contributed by atoms with Gasteiger partial charge in [0.1, 0.15) is 6.54 Å². The molecule has 1 unspecified atom stereocenters. The number of likely N-dealkylation sites (tertiary alicyclic amines) is 1. The zero-order valence-electron chi connectivity index (χ0n) is 14.8. The van der Waals surface area contributed by atoms with Crippen molar-refractivity contribution in [3.05, 3.63) is 40.9 Å². The molecule has 0 spiro atoms. The van der Waals surface area contributed by atoms with Crippen molar-refractivity contribution in [3.8, 4) is 0 Å². The van der Waals surface area contributed by atoms with Gasteiger partial charge in [0.15, 0.2) is 0 Å². The van der Waals surface area contributed by atoms with Crippen LogP contribution < -0.4 is 5.32 Å². The predicted molar refractivity (Wildman–Crippen MR) is 98.5 cm³/mol. The molecule has 140 valence electrons. The molecule has 26 heavy (non-hydrogen) atoms. The molecule has 5 nitrogen and oxygen atoms in total. The van der Waals surface area contributed by atoms with Gasteiger partial charge in [0.05, 0.1) is 12.0 Å². The van der Waals surface area contributed by atoms with E-state index in [1.165, 1.54) is 4.90 Å². The fourth-order valence-corrected chi connectivity index (χ4v) is 3.58. The highest BCUT2D eigenvalue weighted by Crippen LogP contribution is 2.32. The molecule has 1 aromatic carbocycles. The molecule has 0 aliphatic carbocycles. The maximum absolute atomic E-state index is 13.1. The minimum atomic E-state index is -1.59. The Morgan fingerprint density at radius 1 is 1.42 bits per heavy atom. The Labute approximate surface area is 157 Å². The van der Waals surface area contributed by atoms with Crippen molar-refractivity contribution >= 4 is 35.1 Å². The van der Waals surface area contributed by atoms with E-state index in [2.05, 4.69) is 5.32 Å². The van der Waals surface area contributed by atoms with Gasteiger partial charge in [0.2, 0.25) is 11.8 Å². The van der Waals surface area contributed by atoms with Gasteiger partial charge in [-0.25, -0.2) is 0 Å². The van der Waals surface area contributed by atoms with Gasteiger partial charge in [0, 0.05) is 17.1 Å². The van der Waals surface area contributed by atoms with Crippen LogP contribution in [0.5, 0.6) is 0 Å². The molecule has 0 aromatic heterocycles. The van der Waals surface area contributed by atoms with Gasteiger partial charge < -0.3 is 10.2 Å². The lowest BCUT2D eigenvalue weighted by molar-refractivity contribution is -0.146. The Balaban J connectivity index is 2.32. The fraction of sp³-hybridized carbons (Fsp3) is 0.421. The number of hydrogen-bond donors (Lipinski definition) is 1. The molecular weight excluding hydrogens is 359 g/mol. The Morgan fingerprint density at radius 2 is 2.15 bits per heavy atom. The zero-order chi connectivity index (χ0) is 19.3. The summed E-state index contributed by atoms with van der Waals surface area (Å²) in [7, 11) is 0. The summed E-state index contributed by atoms with van der Waals surface area (Å²) in [5.41, 5.74) is 1.37. The van der Waals surface area contributed by atoms with Crippen molar-refractivity contribution in [1.29, 1.82) is 0 Å². The summed E-state index contributed by atoms with van der Waals surface area (Å²) in [6.45, 7) is 3.07. The van der Waals surface area contributed by atoms with Gasteiger partial charge in [-0.2, -0.15) is 4.39 Å². The van der Waals surface area contributed by atoms with Gasteiger partial charge in [0.25, 0.3) is 0 Å². The van der Waals surface area contributed by atoms with E-state index < -0.39 is 24.5 Å². The van der Waals surface area contributed by atoms with Crippen LogP contribution in [0.25, 0.3) is 0 Å². The molecule has 0 radical (unpaired) electrons. The number of allylic oxidation sites excluding steroid dienone is 1. The number of piperidine rings is 1. The number of amides is 2. The minimum absolute atomic E-state index is 0.0954. The molecule has 1 heterocycles. The second-order valence-corrected chi connectivity index (χ2v) is 6.62. The van der Waals surface area contributed by atoms with Crippen molar-refractivity contribution < 1.29 is 18.8 Å². The van der Waals surface area contributed by atoms with Crippen molar-refractivity contribution in [2.24, 2.45) is 5.92 Å². The first-order valence-corrected chi connectivity index (χ1v) is 8.94. The molecular formula is C19H22ClFN2O3. The molecule has 2 rings (SSSR count). The first-order chi connectivity index (χ1) is 12.4. The van der Waals surface area contributed by atoms with Crippen LogP contribution in [0.15, 0.2) is 35.9 Å². The minimum Gasteiger partial charge on any atom is -0.326 e. The van der Waals surface area contributed by atoms with Crippen LogP contribution in [0, 0.1) is 5.92 Å². The summed E-state index contributed by atoms with van der Waals surface area (Å²) in [4.78, 5) is 37.3. The van der Waals surface area contributed by atoms with E-state index in [0.717, 1.165) is 5.57 Å². The molecule has 2 atom stereocenters. The highest BCUT2D eigenvalue weighted by atomic mass is 35.5. The first kappa shape index (κ1) is 20.1. The summed E-state index contributed by atoms with van der Waals surface area (Å²) in [5.74, 6) is -1.17. The molecule has 0 saturated carbocycles. The largest absolute Gasteiger partial charge is 0.326 e.